The summed E-state index contributed by atoms with van der Waals surface area (Å²) in [5.41, 5.74) is 2.34. The van der Waals surface area contributed by atoms with Crippen LogP contribution in [0.25, 0.3) is 0 Å². The third-order valence-corrected chi connectivity index (χ3v) is 7.25. The van der Waals surface area contributed by atoms with Crippen molar-refractivity contribution in [2.75, 3.05) is 12.9 Å². The van der Waals surface area contributed by atoms with Crippen molar-refractivity contribution >= 4 is 22.8 Å². The van der Waals surface area contributed by atoms with Gasteiger partial charge in [0.1, 0.15) is 5.82 Å². The van der Waals surface area contributed by atoms with Crippen molar-refractivity contribution in [3.8, 4) is 5.88 Å². The zero-order valence-corrected chi connectivity index (χ0v) is 18.4. The summed E-state index contributed by atoms with van der Waals surface area (Å²) >= 11 is 1.50. The maximum Gasteiger partial charge on any atom is 0.257 e. The number of nitrogens with zero attached hydrogens (tertiary/aromatic N) is 2. The average Bonchev–Trinajstić information content (AvgIpc) is 2.83. The van der Waals surface area contributed by atoms with E-state index in [0.717, 1.165) is 17.5 Å². The van der Waals surface area contributed by atoms with Gasteiger partial charge in [0, 0.05) is 41.0 Å². The Labute approximate surface area is 190 Å². The van der Waals surface area contributed by atoms with Gasteiger partial charge in [0.05, 0.1) is 12.6 Å². The van der Waals surface area contributed by atoms with E-state index in [1.54, 1.807) is 37.6 Å². The Hall–Kier alpha value is -3.19. The van der Waals surface area contributed by atoms with Crippen molar-refractivity contribution in [2.45, 2.75) is 18.4 Å². The molecule has 0 radical (unpaired) electrons. The number of rotatable bonds is 3. The minimum Gasteiger partial charge on any atom is -0.481 e. The molecule has 0 bridgehead atoms. The van der Waals surface area contributed by atoms with Crippen LogP contribution in [0.5, 0.6) is 5.88 Å². The molecule has 32 heavy (non-hydrogen) atoms. The zero-order chi connectivity index (χ0) is 22.1. The highest BCUT2D eigenvalue weighted by Crippen LogP contribution is 2.50. The van der Waals surface area contributed by atoms with Crippen molar-refractivity contribution in [1.82, 2.24) is 10.3 Å². The molecule has 1 N–H and O–H groups in total. The maximum atomic E-state index is 15.1. The van der Waals surface area contributed by atoms with Crippen LogP contribution in [0.2, 0.25) is 0 Å². The van der Waals surface area contributed by atoms with E-state index in [0.29, 0.717) is 34.3 Å². The Morgan fingerprint density at radius 1 is 1.16 bits per heavy atom. The molecule has 0 fully saturated rings. The fraction of sp³-hybridized carbons (Fsp3) is 0.240. The number of ether oxygens (including phenoxy) is 1. The van der Waals surface area contributed by atoms with Crippen LogP contribution in [-0.2, 0) is 18.4 Å². The molecule has 1 aliphatic carbocycles. The molecule has 0 unspecified atom stereocenters. The largest absolute Gasteiger partial charge is 0.481 e. The van der Waals surface area contributed by atoms with Crippen LogP contribution in [0.1, 0.15) is 27.0 Å². The summed E-state index contributed by atoms with van der Waals surface area (Å²) in [6.45, 7) is 0. The second-order valence-corrected chi connectivity index (χ2v) is 9.00. The number of carbonyl (C=O) groups is 1. The second kappa shape index (κ2) is 8.39. The molecular weight excluding hydrogens is 425 g/mol. The number of aromatic nitrogens is 1. The fourth-order valence-electron chi connectivity index (χ4n) is 4.65. The summed E-state index contributed by atoms with van der Waals surface area (Å²) < 4.78 is 20.7. The highest BCUT2D eigenvalue weighted by Gasteiger charge is 2.49. The Morgan fingerprint density at radius 3 is 2.72 bits per heavy atom. The normalized spacial score (nSPS) is 21.7. The number of methoxy groups -OCH3 is 1. The van der Waals surface area contributed by atoms with E-state index in [1.807, 2.05) is 30.3 Å². The summed E-state index contributed by atoms with van der Waals surface area (Å²) in [7, 11) is 1.59. The van der Waals surface area contributed by atoms with Crippen molar-refractivity contribution in [3.63, 3.8) is 0 Å². The molecule has 0 spiro atoms. The van der Waals surface area contributed by atoms with Crippen LogP contribution in [-0.4, -0.2) is 28.9 Å². The molecule has 5 rings (SSSR count). The van der Waals surface area contributed by atoms with Crippen LogP contribution in [0.4, 0.5) is 4.39 Å². The van der Waals surface area contributed by atoms with Gasteiger partial charge in [-0.3, -0.25) is 4.79 Å². The number of aliphatic imine (C=N–C) groups is 1. The zero-order valence-electron chi connectivity index (χ0n) is 17.5. The van der Waals surface area contributed by atoms with E-state index in [2.05, 4.69) is 10.3 Å². The van der Waals surface area contributed by atoms with Gasteiger partial charge in [-0.05, 0) is 36.2 Å². The molecule has 2 aliphatic rings. The smallest absolute Gasteiger partial charge is 0.257 e. The van der Waals surface area contributed by atoms with Crippen LogP contribution in [0, 0.1) is 11.7 Å². The topological polar surface area (TPSA) is 63.6 Å². The van der Waals surface area contributed by atoms with Gasteiger partial charge in [0.15, 0.2) is 5.17 Å². The van der Waals surface area contributed by atoms with Gasteiger partial charge in [0.2, 0.25) is 5.88 Å². The van der Waals surface area contributed by atoms with Crippen molar-refractivity contribution < 1.29 is 13.9 Å². The van der Waals surface area contributed by atoms with Crippen LogP contribution in [0.3, 0.4) is 0 Å². The number of hydrogen-bond donors (Lipinski definition) is 1. The third kappa shape index (κ3) is 3.56. The Balaban J connectivity index is 1.60. The Morgan fingerprint density at radius 2 is 1.94 bits per heavy atom. The lowest BCUT2D eigenvalue weighted by atomic mass is 9.67. The van der Waals surface area contributed by atoms with Gasteiger partial charge in [0.25, 0.3) is 5.91 Å². The summed E-state index contributed by atoms with van der Waals surface area (Å²) in [4.78, 5) is 22.2. The first kappa shape index (κ1) is 20.7. The molecule has 0 saturated carbocycles. The minimum atomic E-state index is -0.848. The van der Waals surface area contributed by atoms with Crippen LogP contribution >= 0.6 is 11.8 Å². The predicted octanol–water partition coefficient (Wildman–Crippen LogP) is 4.37. The molecule has 2 aromatic carbocycles. The Bertz CT molecular complexity index is 1200. The summed E-state index contributed by atoms with van der Waals surface area (Å²) in [6, 6.07) is 17.8. The van der Waals surface area contributed by atoms with E-state index >= 15 is 4.39 Å². The lowest BCUT2D eigenvalue weighted by Gasteiger charge is -2.45. The number of thioether (sulfide) groups is 1. The number of benzene rings is 2. The molecule has 3 aromatic rings. The van der Waals surface area contributed by atoms with Crippen LogP contribution < -0.4 is 10.1 Å². The van der Waals surface area contributed by atoms with E-state index in [1.165, 1.54) is 17.8 Å². The SMILES string of the molecule is COc1nccc2c1C[C@]1(c3ccccc3F)N=C(NC(=O)c3ccccc3)SC[C@@H]1C2. The van der Waals surface area contributed by atoms with Crippen molar-refractivity contribution in [1.29, 1.82) is 0 Å². The standard InChI is InChI=1S/C25H22FN3O2S/c1-31-23-19-14-25(20-9-5-6-10-21(20)26)18(13-17(19)11-12-27-23)15-32-24(29-25)28-22(30)16-7-3-2-4-8-16/h2-12,18H,13-15H2,1H3,(H,28,29,30)/t18-,25-/m0/s1. The molecule has 1 amide bonds. The van der Waals surface area contributed by atoms with Gasteiger partial charge < -0.3 is 10.1 Å². The van der Waals surface area contributed by atoms with Crippen LogP contribution in [0.15, 0.2) is 71.9 Å². The van der Waals surface area contributed by atoms with E-state index in [9.17, 15) is 4.79 Å². The third-order valence-electron chi connectivity index (χ3n) is 6.21. The molecule has 1 aromatic heterocycles. The molecule has 5 nitrogen and oxygen atoms in total. The predicted molar refractivity (Wildman–Crippen MR) is 124 cm³/mol. The first-order valence-electron chi connectivity index (χ1n) is 10.5. The number of fused-ring (bicyclic) bond motifs is 2. The lowest BCUT2D eigenvalue weighted by molar-refractivity contribution is 0.0977. The van der Waals surface area contributed by atoms with E-state index in [-0.39, 0.29) is 17.6 Å². The molecular formula is C25H22FN3O2S. The van der Waals surface area contributed by atoms with Gasteiger partial charge in [-0.15, -0.1) is 0 Å². The number of nitrogens with one attached hydrogen (secondary N) is 1. The first-order chi connectivity index (χ1) is 15.6. The van der Waals surface area contributed by atoms with Gasteiger partial charge in [-0.25, -0.2) is 14.4 Å². The highest BCUT2D eigenvalue weighted by atomic mass is 32.2. The van der Waals surface area contributed by atoms with E-state index < -0.39 is 5.54 Å². The van der Waals surface area contributed by atoms with Gasteiger partial charge in [-0.1, -0.05) is 48.2 Å². The van der Waals surface area contributed by atoms with Crippen molar-refractivity contribution in [2.24, 2.45) is 10.9 Å². The van der Waals surface area contributed by atoms with Gasteiger partial charge in [-0.2, -0.15) is 0 Å². The second-order valence-electron chi connectivity index (χ2n) is 7.99. The number of halogens is 1. The quantitative estimate of drug-likeness (QED) is 0.648. The van der Waals surface area contributed by atoms with Crippen molar-refractivity contribution in [3.05, 3.63) is 94.9 Å². The summed E-state index contributed by atoms with van der Waals surface area (Å²) in [5.74, 6) is 0.802. The summed E-state index contributed by atoms with van der Waals surface area (Å²) in [5, 5.41) is 3.44. The van der Waals surface area contributed by atoms with Gasteiger partial charge >= 0.3 is 0 Å². The molecule has 0 saturated heterocycles. The lowest BCUT2D eigenvalue weighted by Crippen LogP contribution is -2.48. The first-order valence-corrected chi connectivity index (χ1v) is 11.4. The monoisotopic (exact) mass is 447 g/mol. The number of pyridine rings is 1. The molecule has 2 atom stereocenters. The maximum absolute atomic E-state index is 15.1. The highest BCUT2D eigenvalue weighted by molar-refractivity contribution is 8.13. The fourth-order valence-corrected chi connectivity index (χ4v) is 5.79. The Kier molecular flexibility index (Phi) is 5.43. The molecule has 2 heterocycles. The number of amidine groups is 1. The molecule has 162 valence electrons. The minimum absolute atomic E-state index is 0.0707. The molecule has 7 heteroatoms. The van der Waals surface area contributed by atoms with E-state index in [4.69, 9.17) is 9.73 Å². The number of carbonyl (C=O) groups excluding carboxylic acids is 1. The molecule has 1 aliphatic heterocycles. The number of hydrogen-bond acceptors (Lipinski definition) is 5. The summed E-state index contributed by atoms with van der Waals surface area (Å²) in [6.07, 6.45) is 2.94. The average molecular weight is 448 g/mol. The number of amides is 1.